The van der Waals surface area contributed by atoms with E-state index >= 15 is 0 Å². The Morgan fingerprint density at radius 3 is 2.00 bits per heavy atom. The summed E-state index contributed by atoms with van der Waals surface area (Å²) in [5, 5.41) is 0. The zero-order valence-electron chi connectivity index (χ0n) is 17.6. The third kappa shape index (κ3) is 7.18. The van der Waals surface area contributed by atoms with Crippen LogP contribution < -0.4 is 0 Å². The van der Waals surface area contributed by atoms with Crippen molar-refractivity contribution in [3.05, 3.63) is 0 Å². The van der Waals surface area contributed by atoms with E-state index < -0.39 is 5.60 Å². The first-order chi connectivity index (χ1) is 11.4. The summed E-state index contributed by atoms with van der Waals surface area (Å²) in [6.45, 7) is 17.6. The van der Waals surface area contributed by atoms with Gasteiger partial charge in [-0.05, 0) is 67.6 Å². The van der Waals surface area contributed by atoms with E-state index in [4.69, 9.17) is 14.0 Å². The number of hydrogen-bond donors (Lipinski definition) is 0. The smallest absolute Gasteiger partial charge is 0.444 e. The lowest BCUT2D eigenvalue weighted by molar-refractivity contribution is 0.00578. The molecule has 0 spiro atoms. The van der Waals surface area contributed by atoms with Gasteiger partial charge in [-0.1, -0.05) is 19.8 Å². The Bertz CT molecular complexity index is 416. The largest absolute Gasteiger partial charge is 0.457 e. The zero-order chi connectivity index (χ0) is 19.3. The maximum Gasteiger partial charge on any atom is 0.457 e. The fraction of sp³-hybridized carbons (Fsp3) is 0.947. The topological polar surface area (TPSA) is 48.0 Å². The predicted octanol–water partition coefficient (Wildman–Crippen LogP) is 4.90. The molecular formula is C19H38BNO4. The minimum absolute atomic E-state index is 0.157. The Hall–Kier alpha value is -0.745. The minimum Gasteiger partial charge on any atom is -0.444 e. The molecule has 0 aromatic carbocycles. The molecule has 0 aromatic heterocycles. The highest BCUT2D eigenvalue weighted by Gasteiger charge is 2.50. The number of nitrogens with zero attached hydrogens (tertiary/aromatic N) is 1. The molecule has 0 atom stereocenters. The van der Waals surface area contributed by atoms with Crippen LogP contribution in [0.1, 0.15) is 81.1 Å². The molecule has 1 aliphatic rings. The maximum atomic E-state index is 12.3. The number of carbonyl (C=O) groups is 1. The summed E-state index contributed by atoms with van der Waals surface area (Å²) >= 11 is 0. The third-order valence-corrected chi connectivity index (χ3v) is 4.85. The molecule has 1 saturated heterocycles. The van der Waals surface area contributed by atoms with Crippen LogP contribution in [0.2, 0.25) is 6.32 Å². The van der Waals surface area contributed by atoms with Crippen LogP contribution in [0, 0.1) is 0 Å². The number of carbonyl (C=O) groups excluding carboxylic acids is 1. The van der Waals surface area contributed by atoms with Gasteiger partial charge in [-0.3, -0.25) is 0 Å². The number of unbranched alkanes of at least 4 members (excludes halogenated alkanes) is 2. The van der Waals surface area contributed by atoms with Crippen LogP contribution in [0.3, 0.4) is 0 Å². The molecule has 25 heavy (non-hydrogen) atoms. The van der Waals surface area contributed by atoms with Crippen molar-refractivity contribution in [2.45, 2.75) is 104 Å². The van der Waals surface area contributed by atoms with Gasteiger partial charge in [0.1, 0.15) is 5.60 Å². The molecule has 1 heterocycles. The quantitative estimate of drug-likeness (QED) is 0.459. The van der Waals surface area contributed by atoms with E-state index in [1.165, 1.54) is 0 Å². The van der Waals surface area contributed by atoms with Gasteiger partial charge in [0.25, 0.3) is 0 Å². The molecule has 5 nitrogen and oxygen atoms in total. The summed E-state index contributed by atoms with van der Waals surface area (Å²) in [6, 6.07) is 0. The Kier molecular flexibility index (Phi) is 7.81. The summed E-state index contributed by atoms with van der Waals surface area (Å²) < 4.78 is 17.6. The van der Waals surface area contributed by atoms with Gasteiger partial charge in [0.2, 0.25) is 0 Å². The molecule has 0 unspecified atom stereocenters. The maximum absolute atomic E-state index is 12.3. The highest BCUT2D eigenvalue weighted by molar-refractivity contribution is 6.45. The van der Waals surface area contributed by atoms with E-state index in [1.54, 1.807) is 0 Å². The van der Waals surface area contributed by atoms with Gasteiger partial charge in [-0.25, -0.2) is 4.79 Å². The van der Waals surface area contributed by atoms with Gasteiger partial charge in [0.15, 0.2) is 0 Å². The molecule has 1 amide bonds. The van der Waals surface area contributed by atoms with Crippen LogP contribution in [-0.2, 0) is 14.0 Å². The number of ether oxygens (including phenoxy) is 1. The summed E-state index contributed by atoms with van der Waals surface area (Å²) in [5.41, 5.74) is -1.01. The fourth-order valence-corrected chi connectivity index (χ4v) is 2.67. The van der Waals surface area contributed by atoms with Crippen molar-refractivity contribution in [3.63, 3.8) is 0 Å². The van der Waals surface area contributed by atoms with Crippen molar-refractivity contribution in [2.24, 2.45) is 0 Å². The molecule has 1 rings (SSSR count). The standard InChI is InChI=1S/C19H38BNO4/c1-9-10-14-21(16(22)23-17(2,3)4)15-12-11-13-20-24-18(5,6)19(7,8)25-20/h9-15H2,1-8H3. The first-order valence-electron chi connectivity index (χ1n) is 9.71. The Labute approximate surface area is 154 Å². The Morgan fingerprint density at radius 2 is 1.52 bits per heavy atom. The summed E-state index contributed by atoms with van der Waals surface area (Å²) in [4.78, 5) is 14.2. The first kappa shape index (κ1) is 22.3. The SMILES string of the molecule is CCCCN(CCCCB1OC(C)(C)C(C)(C)O1)C(=O)OC(C)(C)C. The van der Waals surface area contributed by atoms with Crippen molar-refractivity contribution in [1.82, 2.24) is 4.90 Å². The first-order valence-corrected chi connectivity index (χ1v) is 9.71. The molecular weight excluding hydrogens is 317 g/mol. The van der Waals surface area contributed by atoms with Crippen molar-refractivity contribution < 1.29 is 18.8 Å². The van der Waals surface area contributed by atoms with Gasteiger partial charge < -0.3 is 18.9 Å². The molecule has 0 aliphatic carbocycles. The average Bonchev–Trinajstić information content (AvgIpc) is 2.63. The minimum atomic E-state index is -0.454. The van der Waals surface area contributed by atoms with E-state index in [9.17, 15) is 4.79 Å². The van der Waals surface area contributed by atoms with Crippen LogP contribution in [-0.4, -0.2) is 48.0 Å². The summed E-state index contributed by atoms with van der Waals surface area (Å²) in [5.74, 6) is 0. The highest BCUT2D eigenvalue weighted by Crippen LogP contribution is 2.38. The van der Waals surface area contributed by atoms with Gasteiger partial charge in [0.05, 0.1) is 11.2 Å². The highest BCUT2D eigenvalue weighted by atomic mass is 16.7. The van der Waals surface area contributed by atoms with Crippen LogP contribution >= 0.6 is 0 Å². The van der Waals surface area contributed by atoms with Gasteiger partial charge in [0, 0.05) is 13.1 Å². The van der Waals surface area contributed by atoms with E-state index in [0.717, 1.165) is 38.5 Å². The molecule has 6 heteroatoms. The number of rotatable bonds is 8. The monoisotopic (exact) mass is 355 g/mol. The number of hydrogen-bond acceptors (Lipinski definition) is 4. The molecule has 146 valence electrons. The van der Waals surface area contributed by atoms with Gasteiger partial charge >= 0.3 is 13.2 Å². The van der Waals surface area contributed by atoms with Crippen molar-refractivity contribution in [1.29, 1.82) is 0 Å². The van der Waals surface area contributed by atoms with Gasteiger partial charge in [-0.15, -0.1) is 0 Å². The molecule has 0 aromatic rings. The van der Waals surface area contributed by atoms with Crippen LogP contribution in [0.5, 0.6) is 0 Å². The Balaban J connectivity index is 2.41. The lowest BCUT2D eigenvalue weighted by atomic mass is 9.82. The van der Waals surface area contributed by atoms with Crippen molar-refractivity contribution >= 4 is 13.2 Å². The Morgan fingerprint density at radius 1 is 1.00 bits per heavy atom. The van der Waals surface area contributed by atoms with Crippen LogP contribution in [0.15, 0.2) is 0 Å². The van der Waals surface area contributed by atoms with E-state index in [1.807, 2.05) is 25.7 Å². The van der Waals surface area contributed by atoms with Gasteiger partial charge in [-0.2, -0.15) is 0 Å². The van der Waals surface area contributed by atoms with Crippen LogP contribution in [0.4, 0.5) is 4.79 Å². The molecule has 1 fully saturated rings. The lowest BCUT2D eigenvalue weighted by Gasteiger charge is -2.32. The normalized spacial score (nSPS) is 19.1. The van der Waals surface area contributed by atoms with E-state index in [0.29, 0.717) is 6.54 Å². The summed E-state index contributed by atoms with van der Waals surface area (Å²) in [7, 11) is -0.157. The second kappa shape index (κ2) is 8.76. The van der Waals surface area contributed by atoms with E-state index in [2.05, 4.69) is 34.6 Å². The van der Waals surface area contributed by atoms with Crippen molar-refractivity contribution in [2.75, 3.05) is 13.1 Å². The van der Waals surface area contributed by atoms with Crippen molar-refractivity contribution in [3.8, 4) is 0 Å². The molecule has 0 saturated carbocycles. The number of amides is 1. The zero-order valence-corrected chi connectivity index (χ0v) is 17.6. The van der Waals surface area contributed by atoms with E-state index in [-0.39, 0.29) is 24.4 Å². The predicted molar refractivity (Wildman–Crippen MR) is 103 cm³/mol. The molecule has 1 aliphatic heterocycles. The van der Waals surface area contributed by atoms with Crippen LogP contribution in [0.25, 0.3) is 0 Å². The molecule has 0 radical (unpaired) electrons. The molecule has 0 bridgehead atoms. The fourth-order valence-electron chi connectivity index (χ4n) is 2.67. The molecule has 0 N–H and O–H groups in total. The average molecular weight is 355 g/mol. The second-order valence-electron chi connectivity index (χ2n) is 9.00. The summed E-state index contributed by atoms with van der Waals surface area (Å²) in [6.07, 6.45) is 4.58. The third-order valence-electron chi connectivity index (χ3n) is 4.85. The second-order valence-corrected chi connectivity index (χ2v) is 9.00. The lowest BCUT2D eigenvalue weighted by Crippen LogP contribution is -2.41.